The van der Waals surface area contributed by atoms with E-state index in [9.17, 15) is 4.79 Å². The first-order valence-corrected chi connectivity index (χ1v) is 8.69. The van der Waals surface area contributed by atoms with Crippen LogP contribution >= 0.6 is 0 Å². The molecule has 5 nitrogen and oxygen atoms in total. The van der Waals surface area contributed by atoms with E-state index in [4.69, 9.17) is 5.10 Å². The molecular formula is C21H24N4O. The van der Waals surface area contributed by atoms with E-state index in [0.29, 0.717) is 17.8 Å². The zero-order valence-corrected chi connectivity index (χ0v) is 15.4. The fourth-order valence-electron chi connectivity index (χ4n) is 2.67. The highest BCUT2D eigenvalue weighted by Crippen LogP contribution is 2.24. The monoisotopic (exact) mass is 348 g/mol. The Morgan fingerprint density at radius 3 is 2.42 bits per heavy atom. The van der Waals surface area contributed by atoms with Crippen LogP contribution in [0, 0.1) is 6.92 Å². The van der Waals surface area contributed by atoms with Gasteiger partial charge in [-0.25, -0.2) is 4.68 Å². The van der Waals surface area contributed by atoms with E-state index in [1.165, 1.54) is 5.56 Å². The molecule has 3 rings (SSSR count). The largest absolute Gasteiger partial charge is 0.351 e. The average Bonchev–Trinajstić information content (AvgIpc) is 3.08. The fourth-order valence-corrected chi connectivity index (χ4v) is 2.67. The molecule has 0 atom stereocenters. The van der Waals surface area contributed by atoms with Crippen LogP contribution in [0.4, 0.5) is 0 Å². The predicted octanol–water partition coefficient (Wildman–Crippen LogP) is 3.14. The summed E-state index contributed by atoms with van der Waals surface area (Å²) < 4.78 is 1.76. The highest BCUT2D eigenvalue weighted by atomic mass is 16.1. The lowest BCUT2D eigenvalue weighted by Gasteiger charge is -2.10. The molecule has 2 aromatic carbocycles. The quantitative estimate of drug-likeness (QED) is 0.744. The van der Waals surface area contributed by atoms with Gasteiger partial charge in [0.25, 0.3) is 5.91 Å². The molecule has 1 N–H and O–H groups in total. The van der Waals surface area contributed by atoms with Crippen LogP contribution in [0.1, 0.15) is 15.9 Å². The molecule has 0 radical (unpaired) electrons. The molecule has 0 unspecified atom stereocenters. The number of benzene rings is 2. The topological polar surface area (TPSA) is 50.2 Å². The van der Waals surface area contributed by atoms with Crippen LogP contribution in [0.15, 0.2) is 60.8 Å². The first kappa shape index (κ1) is 17.9. The van der Waals surface area contributed by atoms with Crippen LogP contribution in [-0.2, 0) is 0 Å². The van der Waals surface area contributed by atoms with Crippen molar-refractivity contribution in [1.29, 1.82) is 0 Å². The van der Waals surface area contributed by atoms with Crippen LogP contribution in [-0.4, -0.2) is 47.8 Å². The van der Waals surface area contributed by atoms with Crippen molar-refractivity contribution in [2.45, 2.75) is 6.92 Å². The minimum atomic E-state index is -0.107. The Bertz CT molecular complexity index is 867. The Kier molecular flexibility index (Phi) is 5.49. The van der Waals surface area contributed by atoms with Gasteiger partial charge in [-0.2, -0.15) is 5.10 Å². The highest BCUT2D eigenvalue weighted by Gasteiger charge is 2.18. The third-order valence-electron chi connectivity index (χ3n) is 4.15. The summed E-state index contributed by atoms with van der Waals surface area (Å²) in [6.45, 7) is 3.43. The maximum atomic E-state index is 12.7. The van der Waals surface area contributed by atoms with E-state index in [2.05, 4.69) is 5.32 Å². The second-order valence-electron chi connectivity index (χ2n) is 6.60. The summed E-state index contributed by atoms with van der Waals surface area (Å²) in [7, 11) is 3.97. The van der Waals surface area contributed by atoms with Gasteiger partial charge in [0.05, 0.1) is 11.3 Å². The number of nitrogens with zero attached hydrogens (tertiary/aromatic N) is 3. The minimum Gasteiger partial charge on any atom is -0.351 e. The molecule has 1 heterocycles. The van der Waals surface area contributed by atoms with Gasteiger partial charge in [0.1, 0.15) is 5.69 Å². The van der Waals surface area contributed by atoms with Gasteiger partial charge in [-0.15, -0.1) is 0 Å². The van der Waals surface area contributed by atoms with Gasteiger partial charge >= 0.3 is 0 Å². The second kappa shape index (κ2) is 7.97. The van der Waals surface area contributed by atoms with Gasteiger partial charge in [0, 0.05) is 24.8 Å². The molecule has 26 heavy (non-hydrogen) atoms. The summed E-state index contributed by atoms with van der Waals surface area (Å²) in [6, 6.07) is 17.9. The third-order valence-corrected chi connectivity index (χ3v) is 4.15. The average molecular weight is 348 g/mol. The lowest BCUT2D eigenvalue weighted by molar-refractivity contribution is 0.0951. The molecule has 0 saturated heterocycles. The van der Waals surface area contributed by atoms with Crippen molar-refractivity contribution in [3.8, 4) is 16.9 Å². The standard InChI is InChI=1S/C21H24N4O/c1-16-9-11-17(12-10-16)20-19(21(26)22-13-14-24(2)3)15-25(23-20)18-7-5-4-6-8-18/h4-12,15H,13-14H2,1-3H3,(H,22,26). The van der Waals surface area contributed by atoms with Gasteiger partial charge in [-0.1, -0.05) is 48.0 Å². The predicted molar refractivity (Wildman–Crippen MR) is 105 cm³/mol. The number of hydrogen-bond donors (Lipinski definition) is 1. The summed E-state index contributed by atoms with van der Waals surface area (Å²) in [5, 5.41) is 7.67. The van der Waals surface area contributed by atoms with E-state index in [1.807, 2.05) is 80.5 Å². The molecule has 0 aliphatic carbocycles. The number of hydrogen-bond acceptors (Lipinski definition) is 3. The van der Waals surface area contributed by atoms with Gasteiger partial charge in [-0.05, 0) is 33.2 Å². The van der Waals surface area contributed by atoms with E-state index >= 15 is 0 Å². The first-order valence-electron chi connectivity index (χ1n) is 8.69. The highest BCUT2D eigenvalue weighted by molar-refractivity contribution is 5.99. The van der Waals surface area contributed by atoms with E-state index in [-0.39, 0.29) is 5.91 Å². The number of nitrogens with one attached hydrogen (secondary N) is 1. The Labute approximate surface area is 154 Å². The summed E-state index contributed by atoms with van der Waals surface area (Å²) in [4.78, 5) is 14.8. The smallest absolute Gasteiger partial charge is 0.255 e. The van der Waals surface area contributed by atoms with Crippen molar-refractivity contribution >= 4 is 5.91 Å². The van der Waals surface area contributed by atoms with Gasteiger partial charge < -0.3 is 10.2 Å². The molecule has 0 spiro atoms. The van der Waals surface area contributed by atoms with Crippen molar-refractivity contribution in [2.24, 2.45) is 0 Å². The van der Waals surface area contributed by atoms with Crippen LogP contribution in [0.25, 0.3) is 16.9 Å². The van der Waals surface area contributed by atoms with Gasteiger partial charge in [0.2, 0.25) is 0 Å². The molecular weight excluding hydrogens is 324 g/mol. The zero-order valence-electron chi connectivity index (χ0n) is 15.4. The van der Waals surface area contributed by atoms with E-state index < -0.39 is 0 Å². The molecule has 0 saturated carbocycles. The summed E-state index contributed by atoms with van der Waals surface area (Å²) in [5.41, 5.74) is 4.30. The van der Waals surface area contributed by atoms with Gasteiger partial charge in [-0.3, -0.25) is 4.79 Å². The molecule has 0 aliphatic heterocycles. The lowest BCUT2D eigenvalue weighted by atomic mass is 10.1. The summed E-state index contributed by atoms with van der Waals surface area (Å²) in [5.74, 6) is -0.107. The Hall–Kier alpha value is -2.92. The summed E-state index contributed by atoms with van der Waals surface area (Å²) in [6.07, 6.45) is 1.80. The van der Waals surface area contributed by atoms with Gasteiger partial charge in [0.15, 0.2) is 0 Å². The fraction of sp³-hybridized carbons (Fsp3) is 0.238. The first-order chi connectivity index (χ1) is 12.5. The number of aryl methyl sites for hydroxylation is 1. The van der Waals surface area contributed by atoms with Crippen molar-refractivity contribution in [3.63, 3.8) is 0 Å². The second-order valence-corrected chi connectivity index (χ2v) is 6.60. The van der Waals surface area contributed by atoms with Crippen LogP contribution in [0.2, 0.25) is 0 Å². The number of amides is 1. The molecule has 0 bridgehead atoms. The van der Waals surface area contributed by atoms with Crippen molar-refractivity contribution in [2.75, 3.05) is 27.2 Å². The zero-order chi connectivity index (χ0) is 18.5. The van der Waals surface area contributed by atoms with Crippen molar-refractivity contribution in [3.05, 3.63) is 71.9 Å². The van der Waals surface area contributed by atoms with Crippen LogP contribution < -0.4 is 5.32 Å². The Morgan fingerprint density at radius 1 is 1.08 bits per heavy atom. The van der Waals surface area contributed by atoms with E-state index in [1.54, 1.807) is 10.9 Å². The summed E-state index contributed by atoms with van der Waals surface area (Å²) >= 11 is 0. The number of likely N-dealkylation sites (N-methyl/N-ethyl adjacent to an activating group) is 1. The van der Waals surface area contributed by atoms with E-state index in [0.717, 1.165) is 17.8 Å². The van der Waals surface area contributed by atoms with Crippen molar-refractivity contribution < 1.29 is 4.79 Å². The molecule has 1 aromatic heterocycles. The number of carbonyl (C=O) groups is 1. The molecule has 1 amide bonds. The Balaban J connectivity index is 1.96. The number of para-hydroxylation sites is 1. The minimum absolute atomic E-state index is 0.107. The number of aromatic nitrogens is 2. The van der Waals surface area contributed by atoms with Crippen LogP contribution in [0.5, 0.6) is 0 Å². The third kappa shape index (κ3) is 4.18. The molecule has 134 valence electrons. The molecule has 5 heteroatoms. The number of rotatable bonds is 6. The molecule has 3 aromatic rings. The molecule has 0 aliphatic rings. The number of carbonyl (C=O) groups excluding carboxylic acids is 1. The van der Waals surface area contributed by atoms with Crippen molar-refractivity contribution in [1.82, 2.24) is 20.0 Å². The molecule has 0 fully saturated rings. The SMILES string of the molecule is Cc1ccc(-c2nn(-c3ccccc3)cc2C(=O)NCCN(C)C)cc1. The maximum Gasteiger partial charge on any atom is 0.255 e. The normalized spacial score (nSPS) is 10.9. The Morgan fingerprint density at radius 2 is 1.77 bits per heavy atom. The lowest BCUT2D eigenvalue weighted by Crippen LogP contribution is -2.31. The van der Waals surface area contributed by atoms with Crippen LogP contribution in [0.3, 0.4) is 0 Å². The maximum absolute atomic E-state index is 12.7.